The fraction of sp³-hybridized carbons (Fsp3) is 0.400. The molecule has 0 aromatic rings. The summed E-state index contributed by atoms with van der Waals surface area (Å²) in [6.45, 7) is 3.30. The summed E-state index contributed by atoms with van der Waals surface area (Å²) in [7, 11) is 0. The van der Waals surface area contributed by atoms with E-state index in [1.807, 2.05) is 0 Å². The molecule has 1 aliphatic heterocycles. The van der Waals surface area contributed by atoms with Gasteiger partial charge in [0.15, 0.2) is 6.23 Å². The summed E-state index contributed by atoms with van der Waals surface area (Å²) in [5, 5.41) is 4.20. The van der Waals surface area contributed by atoms with E-state index in [4.69, 9.17) is 21.2 Å². The largest absolute Gasteiger partial charge is 0.365 e. The Labute approximate surface area is 109 Å². The van der Waals surface area contributed by atoms with Gasteiger partial charge in [-0.05, 0) is 6.92 Å². The number of aliphatic imine (C=N–C) groups is 1. The molecular formula is C10H15N5O4. The van der Waals surface area contributed by atoms with Crippen LogP contribution in [0.3, 0.4) is 0 Å². The highest BCUT2D eigenvalue weighted by atomic mass is 16.7. The summed E-state index contributed by atoms with van der Waals surface area (Å²) in [6, 6.07) is 0. The van der Waals surface area contributed by atoms with E-state index in [9.17, 15) is 9.59 Å². The number of amidine groups is 1. The first-order valence-electron chi connectivity index (χ1n) is 5.32. The van der Waals surface area contributed by atoms with Crippen LogP contribution in [0, 0.1) is 0 Å². The molecule has 4 N–H and O–H groups in total. The molecule has 19 heavy (non-hydrogen) atoms. The zero-order chi connectivity index (χ0) is 14.4. The lowest BCUT2D eigenvalue weighted by Crippen LogP contribution is -2.29. The smallest absolute Gasteiger partial charge is 0.329 e. The van der Waals surface area contributed by atoms with Crippen LogP contribution < -0.4 is 11.6 Å². The molecule has 1 rings (SSSR count). The van der Waals surface area contributed by atoms with Crippen LogP contribution in [0.15, 0.2) is 21.9 Å². The summed E-state index contributed by atoms with van der Waals surface area (Å²) in [5.41, 5.74) is 5.08. The lowest BCUT2D eigenvalue weighted by Gasteiger charge is -2.18. The second kappa shape index (κ2) is 6.50. The molecule has 1 unspecified atom stereocenters. The number of hydroxylamine groups is 2. The number of carbonyl (C=O) groups excluding carboxylic acids is 2. The number of rotatable bonds is 4. The molecule has 1 fully saturated rings. The molecule has 0 saturated carbocycles. The number of nitrogens with zero attached hydrogens (tertiary/aromatic N) is 3. The van der Waals surface area contributed by atoms with Gasteiger partial charge in [0.1, 0.15) is 5.84 Å². The number of hydrogen-bond donors (Lipinski definition) is 2. The first-order chi connectivity index (χ1) is 8.93. The van der Waals surface area contributed by atoms with Crippen molar-refractivity contribution in [3.63, 3.8) is 0 Å². The van der Waals surface area contributed by atoms with Gasteiger partial charge in [-0.15, -0.1) is 0 Å². The van der Waals surface area contributed by atoms with Crippen LogP contribution in [-0.4, -0.2) is 41.8 Å². The summed E-state index contributed by atoms with van der Waals surface area (Å²) in [4.78, 5) is 31.1. The van der Waals surface area contributed by atoms with Crippen molar-refractivity contribution < 1.29 is 19.2 Å². The number of hydrogen-bond acceptors (Lipinski definition) is 7. The van der Waals surface area contributed by atoms with E-state index < -0.39 is 11.9 Å². The second-order valence-electron chi connectivity index (χ2n) is 3.60. The molecule has 104 valence electrons. The fourth-order valence-corrected chi connectivity index (χ4v) is 1.07. The van der Waals surface area contributed by atoms with Gasteiger partial charge in [0, 0.05) is 6.92 Å². The molecule has 0 aromatic heterocycles. The highest BCUT2D eigenvalue weighted by molar-refractivity contribution is 6.11. The van der Waals surface area contributed by atoms with Crippen LogP contribution >= 0.6 is 0 Å². The predicted molar refractivity (Wildman–Crippen MR) is 66.4 cm³/mol. The summed E-state index contributed by atoms with van der Waals surface area (Å²) in [5.74, 6) is 3.91. The molecule has 9 heteroatoms. The van der Waals surface area contributed by atoms with Crippen LogP contribution in [0.25, 0.3) is 0 Å². The van der Waals surface area contributed by atoms with E-state index >= 15 is 0 Å². The van der Waals surface area contributed by atoms with Gasteiger partial charge in [-0.1, -0.05) is 0 Å². The summed E-state index contributed by atoms with van der Waals surface area (Å²) < 4.78 is 4.92. The third-order valence-corrected chi connectivity index (χ3v) is 1.95. The number of hydrazone groups is 1. The third-order valence-electron chi connectivity index (χ3n) is 1.95. The second-order valence-corrected chi connectivity index (χ2v) is 3.60. The lowest BCUT2D eigenvalue weighted by atomic mass is 10.3. The van der Waals surface area contributed by atoms with Gasteiger partial charge in [0.2, 0.25) is 0 Å². The van der Waals surface area contributed by atoms with Crippen LogP contribution in [0.4, 0.5) is 0 Å². The van der Waals surface area contributed by atoms with Gasteiger partial charge in [-0.3, -0.25) is 4.79 Å². The molecule has 1 heterocycles. The third kappa shape index (κ3) is 5.17. The molecule has 0 aliphatic carbocycles. The molecular weight excluding hydrogens is 254 g/mol. The minimum absolute atomic E-state index is 0.0463. The van der Waals surface area contributed by atoms with Crippen LogP contribution in [-0.2, 0) is 19.2 Å². The minimum Gasteiger partial charge on any atom is -0.365 e. The Morgan fingerprint density at radius 3 is 2.53 bits per heavy atom. The molecule has 0 aromatic carbocycles. The van der Waals surface area contributed by atoms with Gasteiger partial charge < -0.3 is 21.2 Å². The first kappa shape index (κ1) is 14.6. The normalized spacial score (nSPS) is 19.4. The molecule has 1 amide bonds. The van der Waals surface area contributed by atoms with Crippen LogP contribution in [0.1, 0.15) is 13.8 Å². The van der Waals surface area contributed by atoms with E-state index in [1.165, 1.54) is 13.1 Å². The van der Waals surface area contributed by atoms with Crippen molar-refractivity contribution in [1.29, 1.82) is 0 Å². The highest BCUT2D eigenvalue weighted by Gasteiger charge is 2.23. The number of carbonyl (C=O) groups is 2. The molecule has 1 aliphatic rings. The van der Waals surface area contributed by atoms with Crippen molar-refractivity contribution in [2.45, 2.75) is 20.1 Å². The van der Waals surface area contributed by atoms with Crippen molar-refractivity contribution >= 4 is 23.9 Å². The molecule has 0 spiro atoms. The van der Waals surface area contributed by atoms with Gasteiger partial charge in [-0.2, -0.15) is 10.2 Å². The maximum Gasteiger partial charge on any atom is 0.329 e. The maximum atomic E-state index is 11.1. The predicted octanol–water partition coefficient (Wildman–Crippen LogP) is -1.15. The molecule has 0 bridgehead atoms. The highest BCUT2D eigenvalue weighted by Crippen LogP contribution is 2.12. The SMILES string of the molecule is CC(=O)ON(/C=C(\C=N\N)C(N)=O)C(C)=NC1CO1. The van der Waals surface area contributed by atoms with E-state index in [-0.39, 0.29) is 11.8 Å². The number of amides is 1. The average molecular weight is 269 g/mol. The van der Waals surface area contributed by atoms with Gasteiger partial charge in [0.05, 0.1) is 24.6 Å². The molecule has 1 atom stereocenters. The number of primary amides is 1. The molecule has 1 saturated heterocycles. The van der Waals surface area contributed by atoms with E-state index in [1.54, 1.807) is 6.92 Å². The summed E-state index contributed by atoms with van der Waals surface area (Å²) in [6.07, 6.45) is 1.95. The van der Waals surface area contributed by atoms with Gasteiger partial charge in [0.25, 0.3) is 5.91 Å². The van der Waals surface area contributed by atoms with Crippen LogP contribution in [0.2, 0.25) is 0 Å². The molecule has 0 radical (unpaired) electrons. The van der Waals surface area contributed by atoms with Crippen molar-refractivity contribution in [1.82, 2.24) is 5.06 Å². The van der Waals surface area contributed by atoms with E-state index in [0.29, 0.717) is 12.4 Å². The number of ether oxygens (including phenoxy) is 1. The van der Waals surface area contributed by atoms with Crippen molar-refractivity contribution in [3.8, 4) is 0 Å². The van der Waals surface area contributed by atoms with Gasteiger partial charge in [-0.25, -0.2) is 9.79 Å². The van der Waals surface area contributed by atoms with Crippen LogP contribution in [0.5, 0.6) is 0 Å². The number of epoxide rings is 1. The average Bonchev–Trinajstić information content (AvgIpc) is 3.10. The lowest BCUT2D eigenvalue weighted by molar-refractivity contribution is -0.162. The Bertz CT molecular complexity index is 453. The van der Waals surface area contributed by atoms with Crippen molar-refractivity contribution in [2.75, 3.05) is 6.61 Å². The summed E-state index contributed by atoms with van der Waals surface area (Å²) >= 11 is 0. The fourth-order valence-electron chi connectivity index (χ4n) is 1.07. The monoisotopic (exact) mass is 269 g/mol. The zero-order valence-electron chi connectivity index (χ0n) is 10.6. The minimum atomic E-state index is -0.776. The quantitative estimate of drug-likeness (QED) is 0.165. The topological polar surface area (TPSA) is 136 Å². The molecule has 9 nitrogen and oxygen atoms in total. The standard InChI is InChI=1S/C10H15N5O4/c1-6(14-9-5-18-9)15(19-7(2)16)4-8(3-13-12)10(11)17/h3-4,9H,5,12H2,1-2H3,(H2,11,17)/b8-4+,13-3+,14-6?. The van der Waals surface area contributed by atoms with Crippen molar-refractivity contribution in [3.05, 3.63) is 11.8 Å². The Hall–Kier alpha value is -2.42. The zero-order valence-corrected chi connectivity index (χ0v) is 10.6. The van der Waals surface area contributed by atoms with E-state index in [0.717, 1.165) is 11.3 Å². The van der Waals surface area contributed by atoms with E-state index in [2.05, 4.69) is 10.1 Å². The Morgan fingerprint density at radius 1 is 1.47 bits per heavy atom. The van der Waals surface area contributed by atoms with Gasteiger partial charge >= 0.3 is 5.97 Å². The van der Waals surface area contributed by atoms with Crippen molar-refractivity contribution in [2.24, 2.45) is 21.7 Å². The Balaban J connectivity index is 2.97. The number of nitrogens with two attached hydrogens (primary N) is 2. The maximum absolute atomic E-state index is 11.1. The Kier molecular flexibility index (Phi) is 5.01. The Morgan fingerprint density at radius 2 is 2.11 bits per heavy atom. The first-order valence-corrected chi connectivity index (χ1v) is 5.32.